The van der Waals surface area contributed by atoms with Crippen molar-refractivity contribution in [3.63, 3.8) is 0 Å². The minimum absolute atomic E-state index is 0.588. The van der Waals surface area contributed by atoms with Crippen LogP contribution in [0.15, 0.2) is 71.3 Å². The van der Waals surface area contributed by atoms with E-state index in [4.69, 9.17) is 16.0 Å². The SMILES string of the molecule is OC(c1ccccc1)c1cc(Cl)ccc1-c1ccco1. The van der Waals surface area contributed by atoms with E-state index in [1.807, 2.05) is 48.5 Å². The highest BCUT2D eigenvalue weighted by Gasteiger charge is 2.17. The molecule has 100 valence electrons. The lowest BCUT2D eigenvalue weighted by Gasteiger charge is -2.15. The monoisotopic (exact) mass is 284 g/mol. The van der Waals surface area contributed by atoms with Gasteiger partial charge in [-0.15, -0.1) is 0 Å². The maximum Gasteiger partial charge on any atom is 0.134 e. The van der Waals surface area contributed by atoms with Crippen LogP contribution in [-0.4, -0.2) is 5.11 Å². The van der Waals surface area contributed by atoms with Crippen molar-refractivity contribution >= 4 is 11.6 Å². The van der Waals surface area contributed by atoms with Crippen molar-refractivity contribution in [1.82, 2.24) is 0 Å². The molecule has 0 bridgehead atoms. The Kier molecular flexibility index (Phi) is 3.59. The van der Waals surface area contributed by atoms with Crippen LogP contribution in [0.3, 0.4) is 0 Å². The summed E-state index contributed by atoms with van der Waals surface area (Å²) < 4.78 is 5.43. The molecule has 3 heteroatoms. The van der Waals surface area contributed by atoms with Crippen LogP contribution < -0.4 is 0 Å². The van der Waals surface area contributed by atoms with E-state index in [1.54, 1.807) is 18.4 Å². The van der Waals surface area contributed by atoms with E-state index in [2.05, 4.69) is 0 Å². The van der Waals surface area contributed by atoms with Crippen molar-refractivity contribution in [2.24, 2.45) is 0 Å². The minimum atomic E-state index is -0.741. The van der Waals surface area contributed by atoms with Gasteiger partial charge in [-0.3, -0.25) is 0 Å². The first-order chi connectivity index (χ1) is 9.75. The van der Waals surface area contributed by atoms with Gasteiger partial charge in [0.15, 0.2) is 0 Å². The van der Waals surface area contributed by atoms with Crippen molar-refractivity contribution in [1.29, 1.82) is 0 Å². The maximum atomic E-state index is 10.6. The second-order valence-electron chi connectivity index (χ2n) is 4.52. The average molecular weight is 285 g/mol. The summed E-state index contributed by atoms with van der Waals surface area (Å²) in [7, 11) is 0. The largest absolute Gasteiger partial charge is 0.464 e. The third kappa shape index (κ3) is 2.48. The average Bonchev–Trinajstić information content (AvgIpc) is 3.01. The van der Waals surface area contributed by atoms with Crippen LogP contribution in [0, 0.1) is 0 Å². The molecule has 1 atom stereocenters. The van der Waals surface area contributed by atoms with Gasteiger partial charge in [0.2, 0.25) is 0 Å². The first-order valence-corrected chi connectivity index (χ1v) is 6.70. The van der Waals surface area contributed by atoms with Gasteiger partial charge in [0.05, 0.1) is 6.26 Å². The number of aliphatic hydroxyl groups is 1. The first kappa shape index (κ1) is 13.0. The molecule has 0 fully saturated rings. The Morgan fingerprint density at radius 2 is 1.75 bits per heavy atom. The van der Waals surface area contributed by atoms with Crippen LogP contribution in [0.5, 0.6) is 0 Å². The van der Waals surface area contributed by atoms with Crippen LogP contribution in [-0.2, 0) is 0 Å². The van der Waals surface area contributed by atoms with Crippen molar-refractivity contribution in [3.05, 3.63) is 83.1 Å². The van der Waals surface area contributed by atoms with E-state index in [0.717, 1.165) is 16.7 Å². The van der Waals surface area contributed by atoms with Gasteiger partial charge >= 0.3 is 0 Å². The molecule has 0 spiro atoms. The zero-order valence-electron chi connectivity index (χ0n) is 10.7. The molecule has 0 radical (unpaired) electrons. The Morgan fingerprint density at radius 3 is 2.45 bits per heavy atom. The Morgan fingerprint density at radius 1 is 0.950 bits per heavy atom. The number of hydrogen-bond acceptors (Lipinski definition) is 2. The third-order valence-electron chi connectivity index (χ3n) is 3.21. The summed E-state index contributed by atoms with van der Waals surface area (Å²) in [6.07, 6.45) is 0.873. The molecule has 0 aliphatic rings. The molecule has 3 aromatic rings. The van der Waals surface area contributed by atoms with Gasteiger partial charge in [-0.2, -0.15) is 0 Å². The number of halogens is 1. The molecule has 1 N–H and O–H groups in total. The van der Waals surface area contributed by atoms with Crippen molar-refractivity contribution in [2.75, 3.05) is 0 Å². The molecule has 0 saturated heterocycles. The lowest BCUT2D eigenvalue weighted by molar-refractivity contribution is 0.220. The lowest BCUT2D eigenvalue weighted by atomic mass is 9.95. The summed E-state index contributed by atoms with van der Waals surface area (Å²) in [5.74, 6) is 0.714. The van der Waals surface area contributed by atoms with Crippen molar-refractivity contribution in [2.45, 2.75) is 6.10 Å². The highest BCUT2D eigenvalue weighted by molar-refractivity contribution is 6.30. The topological polar surface area (TPSA) is 33.4 Å². The van der Waals surface area contributed by atoms with E-state index < -0.39 is 6.10 Å². The van der Waals surface area contributed by atoms with Crippen LogP contribution in [0.25, 0.3) is 11.3 Å². The molecule has 1 heterocycles. The van der Waals surface area contributed by atoms with Crippen LogP contribution in [0.1, 0.15) is 17.2 Å². The van der Waals surface area contributed by atoms with Gasteiger partial charge in [0.1, 0.15) is 11.9 Å². The quantitative estimate of drug-likeness (QED) is 0.757. The molecular weight excluding hydrogens is 272 g/mol. The summed E-state index contributed by atoms with van der Waals surface area (Å²) in [6.45, 7) is 0. The fourth-order valence-corrected chi connectivity index (χ4v) is 2.41. The summed E-state index contributed by atoms with van der Waals surface area (Å²) >= 11 is 6.07. The minimum Gasteiger partial charge on any atom is -0.464 e. The summed E-state index contributed by atoms with van der Waals surface area (Å²) in [5, 5.41) is 11.2. The second kappa shape index (κ2) is 5.53. The van der Waals surface area contributed by atoms with Gasteiger partial charge in [-0.05, 0) is 41.5 Å². The number of hydrogen-bond donors (Lipinski definition) is 1. The Hall–Kier alpha value is -2.03. The van der Waals surface area contributed by atoms with Gasteiger partial charge < -0.3 is 9.52 Å². The second-order valence-corrected chi connectivity index (χ2v) is 4.96. The zero-order valence-corrected chi connectivity index (χ0v) is 11.4. The predicted octanol–water partition coefficient (Wildman–Crippen LogP) is 4.68. The fourth-order valence-electron chi connectivity index (χ4n) is 2.23. The highest BCUT2D eigenvalue weighted by Crippen LogP contribution is 2.33. The summed E-state index contributed by atoms with van der Waals surface area (Å²) in [5.41, 5.74) is 2.40. The molecule has 0 aliphatic heterocycles. The highest BCUT2D eigenvalue weighted by atomic mass is 35.5. The molecule has 0 amide bonds. The smallest absolute Gasteiger partial charge is 0.134 e. The number of furan rings is 1. The lowest BCUT2D eigenvalue weighted by Crippen LogP contribution is -2.01. The van der Waals surface area contributed by atoms with Crippen LogP contribution >= 0.6 is 11.6 Å². The van der Waals surface area contributed by atoms with Gasteiger partial charge in [-0.25, -0.2) is 0 Å². The molecule has 1 aromatic heterocycles. The molecule has 2 aromatic carbocycles. The predicted molar refractivity (Wildman–Crippen MR) is 79.7 cm³/mol. The standard InChI is InChI=1S/C17H13ClO2/c18-13-8-9-14(16-7-4-10-20-16)15(11-13)17(19)12-5-2-1-3-6-12/h1-11,17,19H. The normalized spacial score (nSPS) is 12.3. The van der Waals surface area contributed by atoms with E-state index >= 15 is 0 Å². The van der Waals surface area contributed by atoms with E-state index in [0.29, 0.717) is 10.8 Å². The molecule has 0 saturated carbocycles. The van der Waals surface area contributed by atoms with Gasteiger partial charge in [0.25, 0.3) is 0 Å². The van der Waals surface area contributed by atoms with E-state index in [1.165, 1.54) is 0 Å². The molecule has 1 unspecified atom stereocenters. The molecular formula is C17H13ClO2. The first-order valence-electron chi connectivity index (χ1n) is 6.32. The molecule has 20 heavy (non-hydrogen) atoms. The van der Waals surface area contributed by atoms with Crippen molar-refractivity contribution < 1.29 is 9.52 Å². The third-order valence-corrected chi connectivity index (χ3v) is 3.45. The Labute approximate surface area is 122 Å². The van der Waals surface area contributed by atoms with Crippen LogP contribution in [0.2, 0.25) is 5.02 Å². The molecule has 0 aliphatic carbocycles. The Balaban J connectivity index is 2.11. The van der Waals surface area contributed by atoms with Crippen molar-refractivity contribution in [3.8, 4) is 11.3 Å². The number of benzene rings is 2. The van der Waals surface area contributed by atoms with Crippen LogP contribution in [0.4, 0.5) is 0 Å². The number of aliphatic hydroxyl groups excluding tert-OH is 1. The summed E-state index contributed by atoms with van der Waals surface area (Å²) in [6, 6.07) is 18.6. The fraction of sp³-hybridized carbons (Fsp3) is 0.0588. The molecule has 3 rings (SSSR count). The maximum absolute atomic E-state index is 10.6. The summed E-state index contributed by atoms with van der Waals surface area (Å²) in [4.78, 5) is 0. The van der Waals surface area contributed by atoms with Gasteiger partial charge in [0, 0.05) is 10.6 Å². The van der Waals surface area contributed by atoms with Gasteiger partial charge in [-0.1, -0.05) is 41.9 Å². The zero-order chi connectivity index (χ0) is 13.9. The van der Waals surface area contributed by atoms with E-state index in [-0.39, 0.29) is 0 Å². The van der Waals surface area contributed by atoms with E-state index in [9.17, 15) is 5.11 Å². The Bertz CT molecular complexity index is 690. The number of rotatable bonds is 3. The molecule has 2 nitrogen and oxygen atoms in total.